The van der Waals surface area contributed by atoms with Crippen molar-refractivity contribution in [3.63, 3.8) is 0 Å². The van der Waals surface area contributed by atoms with Gasteiger partial charge in [-0.1, -0.05) is 23.5 Å². The zero-order valence-corrected chi connectivity index (χ0v) is 12.8. The van der Waals surface area contributed by atoms with Gasteiger partial charge in [-0.15, -0.1) is 0 Å². The number of nitrogen functional groups attached to an aromatic ring is 1. The Morgan fingerprint density at radius 2 is 1.95 bits per heavy atom. The fourth-order valence-electron chi connectivity index (χ4n) is 2.69. The molecule has 0 spiro atoms. The molecule has 0 amide bonds. The Hall–Kier alpha value is -2.41. The lowest BCUT2D eigenvalue weighted by Gasteiger charge is -2.19. The van der Waals surface area contributed by atoms with Crippen molar-refractivity contribution >= 4 is 44.0 Å². The Bertz CT molecular complexity index is 776. The van der Waals surface area contributed by atoms with Gasteiger partial charge in [-0.05, 0) is 25.0 Å². The average Bonchev–Trinajstić information content (AvgIpc) is 3.18. The van der Waals surface area contributed by atoms with Crippen LogP contribution in [-0.2, 0) is 0 Å². The van der Waals surface area contributed by atoms with Crippen LogP contribution in [0.5, 0.6) is 0 Å². The number of para-hydroxylation sites is 1. The van der Waals surface area contributed by atoms with Crippen molar-refractivity contribution in [1.29, 1.82) is 0 Å². The molecule has 0 unspecified atom stereocenters. The normalized spacial score (nSPS) is 14.6. The number of nitrogens with one attached hydrogen (secondary N) is 1. The number of nitrogens with zero attached hydrogens (tertiary/aromatic N) is 4. The SMILES string of the molecule is Nc1c(Nc2nc3ccccc3s2)ncnc1N1CCCC1. The van der Waals surface area contributed by atoms with Crippen LogP contribution in [0.3, 0.4) is 0 Å². The summed E-state index contributed by atoms with van der Waals surface area (Å²) in [6.07, 6.45) is 3.92. The molecule has 4 rings (SSSR count). The van der Waals surface area contributed by atoms with Crippen LogP contribution in [0.25, 0.3) is 10.2 Å². The molecular weight excluding hydrogens is 296 g/mol. The minimum absolute atomic E-state index is 0.587. The largest absolute Gasteiger partial charge is 0.393 e. The average molecular weight is 312 g/mol. The fourth-order valence-corrected chi connectivity index (χ4v) is 3.56. The highest BCUT2D eigenvalue weighted by atomic mass is 32.1. The Morgan fingerprint density at radius 3 is 2.77 bits per heavy atom. The van der Waals surface area contributed by atoms with Crippen LogP contribution in [0.2, 0.25) is 0 Å². The monoisotopic (exact) mass is 312 g/mol. The maximum Gasteiger partial charge on any atom is 0.189 e. The van der Waals surface area contributed by atoms with Gasteiger partial charge in [0.05, 0.1) is 10.2 Å². The van der Waals surface area contributed by atoms with Gasteiger partial charge in [0.25, 0.3) is 0 Å². The van der Waals surface area contributed by atoms with Crippen molar-refractivity contribution < 1.29 is 0 Å². The Balaban J connectivity index is 1.66. The Kier molecular flexibility index (Phi) is 3.27. The number of aromatic nitrogens is 3. The second-order valence-corrected chi connectivity index (χ2v) is 6.30. The number of anilines is 4. The van der Waals surface area contributed by atoms with Gasteiger partial charge in [0.2, 0.25) is 0 Å². The van der Waals surface area contributed by atoms with E-state index in [1.54, 1.807) is 17.7 Å². The van der Waals surface area contributed by atoms with Crippen LogP contribution < -0.4 is 16.0 Å². The molecule has 0 saturated carbocycles. The molecule has 0 aliphatic carbocycles. The van der Waals surface area contributed by atoms with E-state index in [-0.39, 0.29) is 0 Å². The van der Waals surface area contributed by atoms with Crippen LogP contribution in [-0.4, -0.2) is 28.0 Å². The first-order valence-electron chi connectivity index (χ1n) is 7.29. The lowest BCUT2D eigenvalue weighted by Crippen LogP contribution is -2.21. The van der Waals surface area contributed by atoms with E-state index in [4.69, 9.17) is 5.73 Å². The maximum atomic E-state index is 6.25. The highest BCUT2D eigenvalue weighted by molar-refractivity contribution is 7.22. The molecule has 1 saturated heterocycles. The number of hydrogen-bond acceptors (Lipinski definition) is 7. The van der Waals surface area contributed by atoms with E-state index in [9.17, 15) is 0 Å². The molecule has 112 valence electrons. The second kappa shape index (κ2) is 5.42. The van der Waals surface area contributed by atoms with Gasteiger partial charge < -0.3 is 16.0 Å². The van der Waals surface area contributed by atoms with E-state index in [1.165, 1.54) is 12.8 Å². The number of hydrogen-bond donors (Lipinski definition) is 2. The smallest absolute Gasteiger partial charge is 0.189 e. The van der Waals surface area contributed by atoms with Crippen LogP contribution in [0.1, 0.15) is 12.8 Å². The first kappa shape index (κ1) is 13.3. The number of thiazole rings is 1. The number of fused-ring (bicyclic) bond motifs is 1. The molecule has 3 N–H and O–H groups in total. The highest BCUT2D eigenvalue weighted by Gasteiger charge is 2.19. The van der Waals surface area contributed by atoms with Gasteiger partial charge in [0.1, 0.15) is 12.0 Å². The van der Waals surface area contributed by atoms with Crippen LogP contribution in [0, 0.1) is 0 Å². The van der Waals surface area contributed by atoms with Crippen molar-refractivity contribution in [1.82, 2.24) is 15.0 Å². The predicted octanol–water partition coefficient (Wildman–Crippen LogP) is 3.01. The van der Waals surface area contributed by atoms with Crippen molar-refractivity contribution in [3.05, 3.63) is 30.6 Å². The van der Waals surface area contributed by atoms with Gasteiger partial charge in [-0.2, -0.15) is 0 Å². The molecule has 0 atom stereocenters. The van der Waals surface area contributed by atoms with Gasteiger partial charge in [0, 0.05) is 13.1 Å². The van der Waals surface area contributed by atoms with Crippen molar-refractivity contribution in [2.24, 2.45) is 0 Å². The minimum Gasteiger partial charge on any atom is -0.393 e. The summed E-state index contributed by atoms with van der Waals surface area (Å²) in [6.45, 7) is 2.00. The summed E-state index contributed by atoms with van der Waals surface area (Å²) in [4.78, 5) is 15.4. The molecule has 0 bridgehead atoms. The molecule has 1 aliphatic heterocycles. The molecule has 0 radical (unpaired) electrons. The molecule has 1 aliphatic rings. The number of nitrogens with two attached hydrogens (primary N) is 1. The van der Waals surface area contributed by atoms with E-state index in [2.05, 4.69) is 31.2 Å². The van der Waals surface area contributed by atoms with Crippen molar-refractivity contribution in [2.45, 2.75) is 12.8 Å². The van der Waals surface area contributed by atoms with Gasteiger partial charge in [0.15, 0.2) is 16.8 Å². The molecule has 3 aromatic rings. The van der Waals surface area contributed by atoms with Gasteiger partial charge in [-0.3, -0.25) is 0 Å². The van der Waals surface area contributed by atoms with E-state index in [1.807, 2.05) is 18.2 Å². The van der Waals surface area contributed by atoms with Gasteiger partial charge >= 0.3 is 0 Å². The van der Waals surface area contributed by atoms with Crippen LogP contribution >= 0.6 is 11.3 Å². The van der Waals surface area contributed by atoms with E-state index in [0.29, 0.717) is 11.5 Å². The third-order valence-corrected chi connectivity index (χ3v) is 4.74. The fraction of sp³-hybridized carbons (Fsp3) is 0.267. The Labute approximate surface area is 132 Å². The van der Waals surface area contributed by atoms with E-state index < -0.39 is 0 Å². The number of benzene rings is 1. The molecule has 6 nitrogen and oxygen atoms in total. The molecular formula is C15H16N6S. The summed E-state index contributed by atoms with van der Waals surface area (Å²) >= 11 is 1.59. The molecule has 1 aromatic carbocycles. The first-order chi connectivity index (χ1) is 10.8. The molecule has 22 heavy (non-hydrogen) atoms. The zero-order valence-electron chi connectivity index (χ0n) is 12.0. The summed E-state index contributed by atoms with van der Waals surface area (Å²) < 4.78 is 1.14. The third kappa shape index (κ3) is 2.33. The zero-order chi connectivity index (χ0) is 14.9. The van der Waals surface area contributed by atoms with E-state index >= 15 is 0 Å². The van der Waals surface area contributed by atoms with E-state index in [0.717, 1.165) is 34.3 Å². The highest BCUT2D eigenvalue weighted by Crippen LogP contribution is 2.33. The molecule has 2 aromatic heterocycles. The topological polar surface area (TPSA) is 80.0 Å². The second-order valence-electron chi connectivity index (χ2n) is 5.27. The van der Waals surface area contributed by atoms with Crippen LogP contribution in [0.15, 0.2) is 30.6 Å². The summed E-state index contributed by atoms with van der Waals surface area (Å²) in [5.74, 6) is 1.44. The number of rotatable bonds is 3. The Morgan fingerprint density at radius 1 is 1.14 bits per heavy atom. The van der Waals surface area contributed by atoms with Gasteiger partial charge in [-0.25, -0.2) is 15.0 Å². The summed E-state index contributed by atoms with van der Waals surface area (Å²) in [5.41, 5.74) is 7.81. The lowest BCUT2D eigenvalue weighted by molar-refractivity contribution is 0.931. The maximum absolute atomic E-state index is 6.25. The lowest BCUT2D eigenvalue weighted by atomic mass is 10.3. The third-order valence-electron chi connectivity index (χ3n) is 3.79. The van der Waals surface area contributed by atoms with Crippen molar-refractivity contribution in [3.8, 4) is 0 Å². The standard InChI is InChI=1S/C15H16N6S/c16-12-13(17-9-18-14(12)21-7-3-4-8-21)20-15-19-10-5-1-2-6-11(10)22-15/h1-2,5-6,9H,3-4,7-8,16H2,(H,17,18,19,20). The van der Waals surface area contributed by atoms with Crippen LogP contribution in [0.4, 0.5) is 22.5 Å². The summed E-state index contributed by atoms with van der Waals surface area (Å²) in [6, 6.07) is 8.04. The predicted molar refractivity (Wildman–Crippen MR) is 90.8 cm³/mol. The minimum atomic E-state index is 0.587. The summed E-state index contributed by atoms with van der Waals surface area (Å²) in [5, 5.41) is 4.02. The molecule has 7 heteroatoms. The van der Waals surface area contributed by atoms with Crippen molar-refractivity contribution in [2.75, 3.05) is 29.0 Å². The molecule has 1 fully saturated rings. The first-order valence-corrected chi connectivity index (χ1v) is 8.11. The quantitative estimate of drug-likeness (QED) is 0.774. The summed E-state index contributed by atoms with van der Waals surface area (Å²) in [7, 11) is 0. The molecule has 3 heterocycles.